The number of benzene rings is 1. The van der Waals surface area contributed by atoms with Crippen LogP contribution in [0.5, 0.6) is 5.75 Å². The Kier molecular flexibility index (Phi) is 7.49. The first-order chi connectivity index (χ1) is 15.5. The highest BCUT2D eigenvalue weighted by Gasteiger charge is 2.57. The van der Waals surface area contributed by atoms with Crippen molar-refractivity contribution in [1.29, 1.82) is 0 Å². The van der Waals surface area contributed by atoms with Crippen LogP contribution < -0.4 is 4.74 Å². The second kappa shape index (κ2) is 9.47. The highest BCUT2D eigenvalue weighted by atomic mass is 19.1. The first kappa shape index (κ1) is 26.9. The van der Waals surface area contributed by atoms with Crippen LogP contribution in [0.4, 0.5) is 14.0 Å². The summed E-state index contributed by atoms with van der Waals surface area (Å²) < 4.78 is 30.1. The zero-order valence-corrected chi connectivity index (χ0v) is 21.0. The van der Waals surface area contributed by atoms with Crippen LogP contribution in [-0.4, -0.2) is 64.3 Å². The van der Waals surface area contributed by atoms with Crippen LogP contribution in [0.15, 0.2) is 23.3 Å². The van der Waals surface area contributed by atoms with Crippen molar-refractivity contribution in [3.63, 3.8) is 0 Å². The normalized spacial score (nSPS) is 18.4. The van der Waals surface area contributed by atoms with Gasteiger partial charge in [0.1, 0.15) is 28.5 Å². The van der Waals surface area contributed by atoms with E-state index in [1.807, 2.05) is 0 Å². The molecule has 0 N–H and O–H groups in total. The van der Waals surface area contributed by atoms with E-state index in [1.165, 1.54) is 20.0 Å². The standard InChI is InChI=1S/C23H32FN3O7/c1-10-31-16-13-14(24)11-12-15(16)17-23(8,18(28)26(9)25-17)27(19(29)32-21(2,3)4)34-20(30)33-22(5,6)7/h11-13H,10H2,1-9H3. The van der Waals surface area contributed by atoms with Gasteiger partial charge in [-0.25, -0.2) is 19.0 Å². The maximum Gasteiger partial charge on any atom is 0.534 e. The zero-order chi connectivity index (χ0) is 26.1. The molecule has 1 aliphatic heterocycles. The van der Waals surface area contributed by atoms with Crippen LogP contribution in [-0.2, 0) is 19.1 Å². The molecule has 0 aromatic heterocycles. The molecule has 188 valence electrons. The number of carbonyl (C=O) groups excluding carboxylic acids is 3. The van der Waals surface area contributed by atoms with Crippen molar-refractivity contribution in [2.24, 2.45) is 5.10 Å². The number of amides is 2. The van der Waals surface area contributed by atoms with E-state index in [9.17, 15) is 18.8 Å². The molecule has 1 atom stereocenters. The molecule has 1 heterocycles. The third-order valence-electron chi connectivity index (χ3n) is 4.44. The van der Waals surface area contributed by atoms with E-state index in [2.05, 4.69) is 5.10 Å². The van der Waals surface area contributed by atoms with Gasteiger partial charge in [0.25, 0.3) is 5.91 Å². The van der Waals surface area contributed by atoms with Crippen molar-refractivity contribution in [3.05, 3.63) is 29.6 Å². The lowest BCUT2D eigenvalue weighted by Crippen LogP contribution is -2.61. The maximum atomic E-state index is 13.9. The minimum absolute atomic E-state index is 0.0159. The largest absolute Gasteiger partial charge is 0.534 e. The van der Waals surface area contributed by atoms with Gasteiger partial charge >= 0.3 is 12.2 Å². The first-order valence-electron chi connectivity index (χ1n) is 10.7. The minimum Gasteiger partial charge on any atom is -0.493 e. The Bertz CT molecular complexity index is 997. The quantitative estimate of drug-likeness (QED) is 0.467. The molecule has 0 bridgehead atoms. The number of rotatable bonds is 4. The van der Waals surface area contributed by atoms with Gasteiger partial charge in [0.2, 0.25) is 5.54 Å². The molecule has 34 heavy (non-hydrogen) atoms. The van der Waals surface area contributed by atoms with Crippen molar-refractivity contribution >= 4 is 23.9 Å². The Morgan fingerprint density at radius 1 is 1.12 bits per heavy atom. The van der Waals surface area contributed by atoms with Crippen LogP contribution in [0, 0.1) is 5.82 Å². The average Bonchev–Trinajstić information content (AvgIpc) is 2.88. The highest BCUT2D eigenvalue weighted by molar-refractivity contribution is 6.25. The third-order valence-corrected chi connectivity index (χ3v) is 4.44. The van der Waals surface area contributed by atoms with Crippen molar-refractivity contribution in [3.8, 4) is 5.75 Å². The van der Waals surface area contributed by atoms with E-state index in [4.69, 9.17) is 19.0 Å². The summed E-state index contributed by atoms with van der Waals surface area (Å²) in [5.41, 5.74) is -3.70. The van der Waals surface area contributed by atoms with Gasteiger partial charge in [-0.1, -0.05) is 0 Å². The monoisotopic (exact) mass is 481 g/mol. The summed E-state index contributed by atoms with van der Waals surface area (Å²) in [5.74, 6) is -1.18. The number of hydroxylamine groups is 2. The number of ether oxygens (including phenoxy) is 3. The van der Waals surface area contributed by atoms with Gasteiger partial charge < -0.3 is 14.2 Å². The molecular formula is C23H32FN3O7. The lowest BCUT2D eigenvalue weighted by Gasteiger charge is -2.36. The Morgan fingerprint density at radius 3 is 2.24 bits per heavy atom. The molecule has 1 aromatic carbocycles. The van der Waals surface area contributed by atoms with E-state index in [1.54, 1.807) is 48.5 Å². The number of hydrazone groups is 1. The summed E-state index contributed by atoms with van der Waals surface area (Å²) in [6.07, 6.45) is -2.36. The fraction of sp³-hybridized carbons (Fsp3) is 0.565. The van der Waals surface area contributed by atoms with Crippen LogP contribution in [0.2, 0.25) is 0 Å². The van der Waals surface area contributed by atoms with Crippen LogP contribution in [0.3, 0.4) is 0 Å². The SMILES string of the molecule is CCOc1cc(F)ccc1C1=NN(C)C(=O)C1(C)N(OC(=O)OC(C)(C)C)C(=O)OC(C)(C)C. The smallest absolute Gasteiger partial charge is 0.493 e. The number of nitrogens with zero attached hydrogens (tertiary/aromatic N) is 3. The lowest BCUT2D eigenvalue weighted by atomic mass is 9.89. The zero-order valence-electron chi connectivity index (χ0n) is 21.0. The van der Waals surface area contributed by atoms with Crippen LogP contribution in [0.25, 0.3) is 0 Å². The van der Waals surface area contributed by atoms with Gasteiger partial charge in [0.15, 0.2) is 0 Å². The number of hydrogen-bond donors (Lipinski definition) is 0. The number of hydrogen-bond acceptors (Lipinski definition) is 8. The first-order valence-corrected chi connectivity index (χ1v) is 10.7. The Labute approximate surface area is 198 Å². The molecular weight excluding hydrogens is 449 g/mol. The molecule has 2 amide bonds. The van der Waals surface area contributed by atoms with Crippen molar-refractivity contribution in [2.45, 2.75) is 72.1 Å². The molecule has 0 saturated heterocycles. The topological polar surface area (TPSA) is 107 Å². The van der Waals surface area contributed by atoms with Gasteiger partial charge in [-0.2, -0.15) is 5.10 Å². The second-order valence-electron chi connectivity index (χ2n) is 9.75. The van der Waals surface area contributed by atoms with Gasteiger partial charge in [0, 0.05) is 18.7 Å². The molecule has 0 aliphatic carbocycles. The summed E-state index contributed by atoms with van der Waals surface area (Å²) in [4.78, 5) is 44.4. The molecule has 1 unspecified atom stereocenters. The van der Waals surface area contributed by atoms with E-state index >= 15 is 0 Å². The number of halogens is 1. The van der Waals surface area contributed by atoms with E-state index < -0.39 is 40.7 Å². The fourth-order valence-electron chi connectivity index (χ4n) is 3.13. The second-order valence-corrected chi connectivity index (χ2v) is 9.75. The predicted octanol–water partition coefficient (Wildman–Crippen LogP) is 4.26. The summed E-state index contributed by atoms with van der Waals surface area (Å²) >= 11 is 0. The molecule has 0 spiro atoms. The van der Waals surface area contributed by atoms with E-state index in [-0.39, 0.29) is 23.6 Å². The molecule has 11 heteroatoms. The van der Waals surface area contributed by atoms with Crippen LogP contribution >= 0.6 is 0 Å². The maximum absolute atomic E-state index is 13.9. The predicted molar refractivity (Wildman–Crippen MR) is 121 cm³/mol. The van der Waals surface area contributed by atoms with Gasteiger partial charge in [-0.3, -0.25) is 9.63 Å². The van der Waals surface area contributed by atoms with Crippen molar-refractivity contribution < 1.29 is 37.8 Å². The molecule has 0 radical (unpaired) electrons. The molecule has 0 saturated carbocycles. The third kappa shape index (κ3) is 5.95. The summed E-state index contributed by atoms with van der Waals surface area (Å²) in [5, 5.41) is 5.75. The summed E-state index contributed by atoms with van der Waals surface area (Å²) in [7, 11) is 1.37. The highest BCUT2D eigenvalue weighted by Crippen LogP contribution is 2.35. The Balaban J connectivity index is 2.65. The lowest BCUT2D eigenvalue weighted by molar-refractivity contribution is -0.176. The molecule has 1 aromatic rings. The van der Waals surface area contributed by atoms with Crippen molar-refractivity contribution in [1.82, 2.24) is 10.1 Å². The van der Waals surface area contributed by atoms with Gasteiger partial charge in [-0.05, 0) is 67.5 Å². The fourth-order valence-corrected chi connectivity index (χ4v) is 3.13. The molecule has 1 aliphatic rings. The van der Waals surface area contributed by atoms with E-state index in [0.717, 1.165) is 17.1 Å². The summed E-state index contributed by atoms with van der Waals surface area (Å²) in [6, 6.07) is 3.66. The van der Waals surface area contributed by atoms with Crippen molar-refractivity contribution in [2.75, 3.05) is 13.7 Å². The van der Waals surface area contributed by atoms with Crippen LogP contribution in [0.1, 0.15) is 61.0 Å². The molecule has 10 nitrogen and oxygen atoms in total. The average molecular weight is 482 g/mol. The van der Waals surface area contributed by atoms with Gasteiger partial charge in [-0.15, -0.1) is 5.06 Å². The molecule has 0 fully saturated rings. The Hall–Kier alpha value is -3.37. The molecule has 2 rings (SSSR count). The van der Waals surface area contributed by atoms with E-state index in [0.29, 0.717) is 5.06 Å². The number of carbonyl (C=O) groups is 3. The minimum atomic E-state index is -1.99. The number of likely N-dealkylation sites (N-methyl/N-ethyl adjacent to an activating group) is 1. The summed E-state index contributed by atoms with van der Waals surface area (Å²) in [6.45, 7) is 12.9. The van der Waals surface area contributed by atoms with Gasteiger partial charge in [0.05, 0.1) is 6.61 Å². The Morgan fingerprint density at radius 2 is 1.71 bits per heavy atom.